The van der Waals surface area contributed by atoms with Gasteiger partial charge >= 0.3 is 5.97 Å². The average Bonchev–Trinajstić information content (AvgIpc) is 3.53. The van der Waals surface area contributed by atoms with Gasteiger partial charge in [0, 0.05) is 23.5 Å². The lowest BCUT2D eigenvalue weighted by Gasteiger charge is -2.20. The van der Waals surface area contributed by atoms with Gasteiger partial charge in [0.25, 0.3) is 11.8 Å². The van der Waals surface area contributed by atoms with Gasteiger partial charge in [-0.15, -0.1) is 0 Å². The number of aromatic nitrogens is 1. The molecule has 0 N–H and O–H groups in total. The minimum absolute atomic E-state index is 0.139. The summed E-state index contributed by atoms with van der Waals surface area (Å²) in [5.74, 6) is -2.66. The zero-order chi connectivity index (χ0) is 26.6. The van der Waals surface area contributed by atoms with E-state index in [2.05, 4.69) is 0 Å². The molecule has 2 amide bonds. The third-order valence-corrected chi connectivity index (χ3v) is 7.53. The molecule has 0 spiro atoms. The van der Waals surface area contributed by atoms with Gasteiger partial charge in [-0.1, -0.05) is 42.5 Å². The number of rotatable bonds is 6. The molecule has 190 valence electrons. The second-order valence-electron chi connectivity index (χ2n) is 9.36. The van der Waals surface area contributed by atoms with Crippen LogP contribution in [-0.4, -0.2) is 53.9 Å². The summed E-state index contributed by atoms with van der Waals surface area (Å²) >= 11 is 0. The molecule has 8 nitrogen and oxygen atoms in total. The molecule has 2 atom stereocenters. The number of para-hydroxylation sites is 1. The van der Waals surface area contributed by atoms with E-state index in [1.54, 1.807) is 48.1 Å². The molecule has 1 aromatic heterocycles. The quantitative estimate of drug-likeness (QED) is 0.221. The number of esters is 1. The molecular formula is C30H24N2O6. The molecule has 2 aliphatic rings. The van der Waals surface area contributed by atoms with E-state index in [4.69, 9.17) is 9.47 Å². The number of carbonyl (C=O) groups excluding carboxylic acids is 4. The van der Waals surface area contributed by atoms with Crippen LogP contribution in [0.2, 0.25) is 0 Å². The Morgan fingerprint density at radius 1 is 0.842 bits per heavy atom. The van der Waals surface area contributed by atoms with Gasteiger partial charge in [-0.25, -0.2) is 0 Å². The summed E-state index contributed by atoms with van der Waals surface area (Å²) < 4.78 is 12.0. The van der Waals surface area contributed by atoms with Crippen LogP contribution in [-0.2, 0) is 16.0 Å². The molecule has 0 aliphatic carbocycles. The Morgan fingerprint density at radius 3 is 2.11 bits per heavy atom. The number of hydrogen-bond donors (Lipinski definition) is 0. The summed E-state index contributed by atoms with van der Waals surface area (Å²) in [6, 6.07) is 21.5. The highest BCUT2D eigenvalue weighted by Crippen LogP contribution is 2.46. The lowest BCUT2D eigenvalue weighted by Crippen LogP contribution is -2.32. The molecule has 0 saturated carbocycles. The largest absolute Gasteiger partial charge is 0.497 e. The van der Waals surface area contributed by atoms with Crippen LogP contribution in [0, 0.1) is 5.92 Å². The molecule has 8 heteroatoms. The third kappa shape index (κ3) is 3.37. The summed E-state index contributed by atoms with van der Waals surface area (Å²) in [5, 5.41) is 0.842. The topological polar surface area (TPSA) is 94.9 Å². The number of amides is 2. The van der Waals surface area contributed by atoms with Crippen molar-refractivity contribution in [2.75, 3.05) is 20.8 Å². The first-order valence-electron chi connectivity index (χ1n) is 12.3. The number of nitrogens with zero attached hydrogens (tertiary/aromatic N) is 2. The maximum Gasteiger partial charge on any atom is 0.319 e. The first kappa shape index (κ1) is 23.7. The molecule has 0 saturated heterocycles. The summed E-state index contributed by atoms with van der Waals surface area (Å²) in [6.07, 6.45) is 0.322. The average molecular weight is 509 g/mol. The summed E-state index contributed by atoms with van der Waals surface area (Å²) in [7, 11) is 2.84. The fraction of sp³-hybridized carbons (Fsp3) is 0.200. The van der Waals surface area contributed by atoms with Gasteiger partial charge < -0.3 is 9.47 Å². The van der Waals surface area contributed by atoms with Gasteiger partial charge in [0.15, 0.2) is 0 Å². The third-order valence-electron chi connectivity index (χ3n) is 7.53. The van der Waals surface area contributed by atoms with E-state index in [0.29, 0.717) is 34.5 Å². The predicted molar refractivity (Wildman–Crippen MR) is 138 cm³/mol. The van der Waals surface area contributed by atoms with Crippen molar-refractivity contribution in [2.45, 2.75) is 12.3 Å². The lowest BCUT2D eigenvalue weighted by atomic mass is 9.83. The van der Waals surface area contributed by atoms with Gasteiger partial charge in [-0.2, -0.15) is 0 Å². The predicted octanol–water partition coefficient (Wildman–Crippen LogP) is 4.06. The molecule has 3 heterocycles. The number of benzene rings is 3. The maximum atomic E-state index is 13.8. The number of methoxy groups -OCH3 is 2. The highest BCUT2D eigenvalue weighted by molar-refractivity contribution is 6.21. The van der Waals surface area contributed by atoms with Gasteiger partial charge in [0.05, 0.1) is 30.9 Å². The van der Waals surface area contributed by atoms with E-state index in [-0.39, 0.29) is 24.3 Å². The van der Waals surface area contributed by atoms with Crippen LogP contribution in [0.15, 0.2) is 72.8 Å². The molecule has 4 aromatic rings. The first-order chi connectivity index (χ1) is 18.5. The highest BCUT2D eigenvalue weighted by atomic mass is 16.5. The van der Waals surface area contributed by atoms with Gasteiger partial charge in [-0.3, -0.25) is 28.6 Å². The van der Waals surface area contributed by atoms with Crippen LogP contribution >= 0.6 is 0 Å². The minimum Gasteiger partial charge on any atom is -0.497 e. The second kappa shape index (κ2) is 8.99. The Balaban J connectivity index is 1.47. The lowest BCUT2D eigenvalue weighted by molar-refractivity contribution is -0.143. The normalized spacial score (nSPS) is 18.2. The minimum atomic E-state index is -1.06. The van der Waals surface area contributed by atoms with E-state index in [0.717, 1.165) is 16.5 Å². The molecule has 3 aromatic carbocycles. The van der Waals surface area contributed by atoms with E-state index >= 15 is 0 Å². The molecule has 2 aliphatic heterocycles. The Hall–Kier alpha value is -4.72. The fourth-order valence-corrected chi connectivity index (χ4v) is 5.78. The fourth-order valence-electron chi connectivity index (χ4n) is 5.78. The number of fused-ring (bicyclic) bond motifs is 4. The van der Waals surface area contributed by atoms with Crippen LogP contribution in [0.3, 0.4) is 0 Å². The molecule has 0 unspecified atom stereocenters. The van der Waals surface area contributed by atoms with Crippen molar-refractivity contribution < 1.29 is 28.7 Å². The number of ether oxygens (including phenoxy) is 2. The van der Waals surface area contributed by atoms with Crippen molar-refractivity contribution in [1.82, 2.24) is 9.47 Å². The van der Waals surface area contributed by atoms with Crippen LogP contribution < -0.4 is 4.74 Å². The van der Waals surface area contributed by atoms with Crippen LogP contribution in [0.25, 0.3) is 10.9 Å². The Bertz CT molecular complexity index is 1600. The van der Waals surface area contributed by atoms with Crippen molar-refractivity contribution in [3.63, 3.8) is 0 Å². The summed E-state index contributed by atoms with van der Waals surface area (Å²) in [4.78, 5) is 54.0. The van der Waals surface area contributed by atoms with E-state index < -0.39 is 17.8 Å². The summed E-state index contributed by atoms with van der Waals surface area (Å²) in [5.41, 5.74) is 3.71. The first-order valence-corrected chi connectivity index (χ1v) is 12.3. The maximum absolute atomic E-state index is 13.8. The molecular weight excluding hydrogens is 484 g/mol. The molecule has 0 fully saturated rings. The molecule has 6 rings (SSSR count). The highest BCUT2D eigenvalue weighted by Gasteiger charge is 2.49. The number of carbonyl (C=O) groups is 4. The molecule has 38 heavy (non-hydrogen) atoms. The summed E-state index contributed by atoms with van der Waals surface area (Å²) in [6.45, 7) is 0.139. The number of hydrogen-bond acceptors (Lipinski definition) is 6. The van der Waals surface area contributed by atoms with Gasteiger partial charge in [0.1, 0.15) is 11.7 Å². The van der Waals surface area contributed by atoms with Crippen molar-refractivity contribution in [3.05, 3.63) is 101 Å². The van der Waals surface area contributed by atoms with Gasteiger partial charge in [-0.05, 0) is 47.9 Å². The van der Waals surface area contributed by atoms with Crippen molar-refractivity contribution in [3.8, 4) is 5.75 Å². The van der Waals surface area contributed by atoms with E-state index in [1.165, 1.54) is 12.0 Å². The van der Waals surface area contributed by atoms with Crippen molar-refractivity contribution >= 4 is 34.6 Å². The van der Waals surface area contributed by atoms with Gasteiger partial charge in [0.2, 0.25) is 5.91 Å². The van der Waals surface area contributed by atoms with Crippen LogP contribution in [0.1, 0.15) is 48.2 Å². The van der Waals surface area contributed by atoms with E-state index in [1.807, 2.05) is 36.4 Å². The SMILES string of the molecule is COC(=O)[C@H]1C(=O)n2c(c(CCN3C(=O)c4ccccc4C3=O)c3ccccc32)[C@@H]1c1ccc(OC)cc1. The van der Waals surface area contributed by atoms with E-state index in [9.17, 15) is 19.2 Å². The Labute approximate surface area is 218 Å². The zero-order valence-corrected chi connectivity index (χ0v) is 20.8. The molecule has 0 radical (unpaired) electrons. The van der Waals surface area contributed by atoms with Crippen LogP contribution in [0.4, 0.5) is 0 Å². The monoisotopic (exact) mass is 508 g/mol. The number of imide groups is 1. The standard InChI is InChI=1S/C30H24N2O6/c1-37-18-13-11-17(12-14-18)24-25(30(36)38-2)29(35)32-23-10-6-5-7-19(23)20(26(24)32)15-16-31-27(33)21-8-3-4-9-22(21)28(31)34/h3-14,24-25H,15-16H2,1-2H3/t24-,25-/m1/s1. The Morgan fingerprint density at radius 2 is 1.47 bits per heavy atom. The van der Waals surface area contributed by atoms with Crippen LogP contribution in [0.5, 0.6) is 5.75 Å². The smallest absolute Gasteiger partial charge is 0.319 e. The second-order valence-corrected chi connectivity index (χ2v) is 9.36. The van der Waals surface area contributed by atoms with Crippen molar-refractivity contribution in [2.24, 2.45) is 5.92 Å². The van der Waals surface area contributed by atoms with Crippen molar-refractivity contribution in [1.29, 1.82) is 0 Å². The Kier molecular flexibility index (Phi) is 5.60. The zero-order valence-electron chi connectivity index (χ0n) is 20.8. The molecule has 0 bridgehead atoms.